The van der Waals surface area contributed by atoms with Gasteiger partial charge in [-0.15, -0.1) is 0 Å². The van der Waals surface area contributed by atoms with Crippen LogP contribution in [0.2, 0.25) is 0 Å². The van der Waals surface area contributed by atoms with Crippen molar-refractivity contribution in [3.05, 3.63) is 53.2 Å². The molecule has 0 N–H and O–H groups in total. The third-order valence-corrected chi connectivity index (χ3v) is 7.10. The Hall–Kier alpha value is -2.59. The van der Waals surface area contributed by atoms with Crippen molar-refractivity contribution in [2.24, 2.45) is 0 Å². The quantitative estimate of drug-likeness (QED) is 0.645. The summed E-state index contributed by atoms with van der Waals surface area (Å²) >= 11 is 0. The summed E-state index contributed by atoms with van der Waals surface area (Å²) in [5, 5.41) is 0. The van der Waals surface area contributed by atoms with Crippen LogP contribution < -0.4 is 4.90 Å². The minimum absolute atomic E-state index is 0.0260. The Bertz CT molecular complexity index is 1040. The first-order valence-electron chi connectivity index (χ1n) is 10.1. The van der Waals surface area contributed by atoms with Gasteiger partial charge in [0.1, 0.15) is 11.6 Å². The van der Waals surface area contributed by atoms with E-state index in [1.54, 1.807) is 11.0 Å². The van der Waals surface area contributed by atoms with E-state index in [9.17, 15) is 17.6 Å². The van der Waals surface area contributed by atoms with Gasteiger partial charge in [0.05, 0.1) is 24.0 Å². The first-order chi connectivity index (χ1) is 14.6. The Morgan fingerprint density at radius 3 is 2.48 bits per heavy atom. The maximum atomic E-state index is 13.1. The van der Waals surface area contributed by atoms with Crippen LogP contribution in [0, 0.1) is 5.82 Å². The van der Waals surface area contributed by atoms with Gasteiger partial charge in [-0.05, 0) is 30.5 Å². The number of nitrogens with zero attached hydrogens (tertiary/aromatic N) is 5. The lowest BCUT2D eigenvalue weighted by Gasteiger charge is -2.24. The fourth-order valence-electron chi connectivity index (χ4n) is 3.60. The predicted octanol–water partition coefficient (Wildman–Crippen LogP) is 2.33. The van der Waals surface area contributed by atoms with Crippen molar-refractivity contribution in [3.63, 3.8) is 0 Å². The standard InChI is InChI=1S/C21H28FN5O3S/c1-15(28)27-11-5-6-19(27)21-23-18(12-20(24-21)25(2)3)13-26(4)31(29,30)14-16-7-9-17(22)10-8-16/h7-10,12,19H,5-6,11,13-14H2,1-4H3/t19-/m0/s1. The lowest BCUT2D eigenvalue weighted by molar-refractivity contribution is -0.129. The van der Waals surface area contributed by atoms with E-state index in [4.69, 9.17) is 0 Å². The smallest absolute Gasteiger partial charge is 0.220 e. The molecule has 1 atom stereocenters. The summed E-state index contributed by atoms with van der Waals surface area (Å²) in [6, 6.07) is 6.95. The number of hydrogen-bond donors (Lipinski definition) is 0. The Kier molecular flexibility index (Phi) is 6.90. The largest absolute Gasteiger partial charge is 0.363 e. The minimum atomic E-state index is -3.64. The first-order valence-corrected chi connectivity index (χ1v) is 11.7. The van der Waals surface area contributed by atoms with Crippen LogP contribution in [0.25, 0.3) is 0 Å². The van der Waals surface area contributed by atoms with Gasteiger partial charge < -0.3 is 9.80 Å². The molecule has 1 fully saturated rings. The van der Waals surface area contributed by atoms with Crippen LogP contribution in [0.1, 0.15) is 42.9 Å². The zero-order valence-electron chi connectivity index (χ0n) is 18.2. The summed E-state index contributed by atoms with van der Waals surface area (Å²) in [5.41, 5.74) is 1.06. The molecule has 0 bridgehead atoms. The fraction of sp³-hybridized carbons (Fsp3) is 0.476. The Balaban J connectivity index is 1.85. The van der Waals surface area contributed by atoms with Crippen LogP contribution in [0.15, 0.2) is 30.3 Å². The van der Waals surface area contributed by atoms with Gasteiger partial charge in [0.2, 0.25) is 15.9 Å². The number of benzene rings is 1. The number of sulfonamides is 1. The maximum Gasteiger partial charge on any atom is 0.220 e. The molecule has 0 aliphatic carbocycles. The molecule has 0 saturated carbocycles. The third kappa shape index (κ3) is 5.56. The summed E-state index contributed by atoms with van der Waals surface area (Å²) in [6.07, 6.45) is 1.65. The fourth-order valence-corrected chi connectivity index (χ4v) is 4.77. The molecule has 1 aromatic heterocycles. The molecule has 2 heterocycles. The summed E-state index contributed by atoms with van der Waals surface area (Å²) < 4.78 is 40.0. The Morgan fingerprint density at radius 2 is 1.87 bits per heavy atom. The molecule has 8 nitrogen and oxygen atoms in total. The van der Waals surface area contributed by atoms with Crippen molar-refractivity contribution in [2.45, 2.75) is 38.1 Å². The van der Waals surface area contributed by atoms with Gasteiger partial charge in [-0.25, -0.2) is 22.8 Å². The van der Waals surface area contributed by atoms with Gasteiger partial charge in [0.25, 0.3) is 0 Å². The molecular weight excluding hydrogens is 421 g/mol. The average molecular weight is 450 g/mol. The minimum Gasteiger partial charge on any atom is -0.363 e. The molecule has 0 spiro atoms. The topological polar surface area (TPSA) is 86.7 Å². The molecule has 0 radical (unpaired) electrons. The molecule has 1 aromatic carbocycles. The lowest BCUT2D eigenvalue weighted by atomic mass is 10.2. The number of rotatable bonds is 7. The molecule has 0 unspecified atom stereocenters. The average Bonchev–Trinajstić information content (AvgIpc) is 3.19. The molecule has 2 aromatic rings. The summed E-state index contributed by atoms with van der Waals surface area (Å²) in [7, 11) is 1.55. The normalized spacial score (nSPS) is 16.7. The van der Waals surface area contributed by atoms with Gasteiger partial charge in [0.15, 0.2) is 5.82 Å². The highest BCUT2D eigenvalue weighted by atomic mass is 32.2. The molecule has 1 aliphatic heterocycles. The van der Waals surface area contributed by atoms with Gasteiger partial charge in [-0.3, -0.25) is 4.79 Å². The number of hydrogen-bond acceptors (Lipinski definition) is 6. The van der Waals surface area contributed by atoms with E-state index in [1.165, 1.54) is 42.5 Å². The van der Waals surface area contributed by atoms with Crippen LogP contribution in [0.5, 0.6) is 0 Å². The summed E-state index contributed by atoms with van der Waals surface area (Å²) in [5.74, 6) is 0.508. The molecule has 10 heteroatoms. The van der Waals surface area contributed by atoms with E-state index in [0.717, 1.165) is 12.8 Å². The van der Waals surface area contributed by atoms with Crippen LogP contribution in [-0.2, 0) is 27.1 Å². The van der Waals surface area contributed by atoms with Crippen molar-refractivity contribution in [3.8, 4) is 0 Å². The highest BCUT2D eigenvalue weighted by molar-refractivity contribution is 7.88. The molecule has 1 amide bonds. The maximum absolute atomic E-state index is 13.1. The Labute approximate surface area is 182 Å². The van der Waals surface area contributed by atoms with E-state index < -0.39 is 15.8 Å². The predicted molar refractivity (Wildman–Crippen MR) is 116 cm³/mol. The van der Waals surface area contributed by atoms with Crippen LogP contribution in [-0.4, -0.2) is 61.2 Å². The number of carbonyl (C=O) groups excluding carboxylic acids is 1. The molecule has 168 valence electrons. The molecular formula is C21H28FN5O3S. The highest BCUT2D eigenvalue weighted by Crippen LogP contribution is 2.31. The zero-order chi connectivity index (χ0) is 22.8. The van der Waals surface area contributed by atoms with Gasteiger partial charge in [-0.1, -0.05) is 12.1 Å². The van der Waals surface area contributed by atoms with Gasteiger partial charge in [-0.2, -0.15) is 4.31 Å². The van der Waals surface area contributed by atoms with Gasteiger partial charge in [0, 0.05) is 40.7 Å². The van der Waals surface area contributed by atoms with Crippen molar-refractivity contribution in [2.75, 3.05) is 32.6 Å². The van der Waals surface area contributed by atoms with Crippen molar-refractivity contribution in [1.82, 2.24) is 19.2 Å². The third-order valence-electron chi connectivity index (χ3n) is 5.32. The SMILES string of the molecule is CC(=O)N1CCC[C@H]1c1nc(CN(C)S(=O)(=O)Cc2ccc(F)cc2)cc(N(C)C)n1. The van der Waals surface area contributed by atoms with Crippen molar-refractivity contribution >= 4 is 21.7 Å². The van der Waals surface area contributed by atoms with Gasteiger partial charge >= 0.3 is 0 Å². The molecule has 1 saturated heterocycles. The molecule has 1 aliphatic rings. The number of likely N-dealkylation sites (tertiary alicyclic amines) is 1. The summed E-state index contributed by atoms with van der Waals surface area (Å²) in [6.45, 7) is 2.26. The lowest BCUT2D eigenvalue weighted by Crippen LogP contribution is -2.31. The number of anilines is 1. The van der Waals surface area contributed by atoms with E-state index in [2.05, 4.69) is 9.97 Å². The van der Waals surface area contributed by atoms with Crippen molar-refractivity contribution < 1.29 is 17.6 Å². The van der Waals surface area contributed by atoms with Crippen LogP contribution in [0.3, 0.4) is 0 Å². The van der Waals surface area contributed by atoms with E-state index in [-0.39, 0.29) is 24.2 Å². The second-order valence-electron chi connectivity index (χ2n) is 7.98. The number of carbonyl (C=O) groups is 1. The molecule has 31 heavy (non-hydrogen) atoms. The number of halogens is 1. The van der Waals surface area contributed by atoms with E-state index in [0.29, 0.717) is 29.4 Å². The number of aromatic nitrogens is 2. The Morgan fingerprint density at radius 1 is 1.19 bits per heavy atom. The van der Waals surface area contributed by atoms with Crippen molar-refractivity contribution in [1.29, 1.82) is 0 Å². The molecule has 3 rings (SSSR count). The van der Waals surface area contributed by atoms with E-state index >= 15 is 0 Å². The number of amides is 1. The second-order valence-corrected chi connectivity index (χ2v) is 10.1. The zero-order valence-corrected chi connectivity index (χ0v) is 19.1. The monoisotopic (exact) mass is 449 g/mol. The van der Waals surface area contributed by atoms with E-state index in [1.807, 2.05) is 19.0 Å². The highest BCUT2D eigenvalue weighted by Gasteiger charge is 2.31. The summed E-state index contributed by atoms with van der Waals surface area (Å²) in [4.78, 5) is 24.8. The first kappa shape index (κ1) is 23.1. The second kappa shape index (κ2) is 9.27. The van der Waals surface area contributed by atoms with Crippen LogP contribution in [0.4, 0.5) is 10.2 Å². The van der Waals surface area contributed by atoms with Crippen LogP contribution >= 0.6 is 0 Å².